The van der Waals surface area contributed by atoms with E-state index in [0.29, 0.717) is 0 Å². The van der Waals surface area contributed by atoms with Crippen LogP contribution in [0.5, 0.6) is 0 Å². The second-order valence-corrected chi connectivity index (χ2v) is 1.78. The summed E-state index contributed by atoms with van der Waals surface area (Å²) >= 11 is 0. The lowest BCUT2D eigenvalue weighted by atomic mass is 10.6. The van der Waals surface area contributed by atoms with Gasteiger partial charge in [-0.3, -0.25) is 0 Å². The quantitative estimate of drug-likeness (QED) is 0.513. The molecule has 0 spiro atoms. The van der Waals surface area contributed by atoms with Gasteiger partial charge < -0.3 is 0 Å². The first kappa shape index (κ1) is 6.01. The largest absolute Gasteiger partial charge is 0.334 e. The van der Waals surface area contributed by atoms with Gasteiger partial charge in [-0.2, -0.15) is 0 Å². The van der Waals surface area contributed by atoms with E-state index in [1.807, 2.05) is 11.5 Å². The number of aromatic nitrogens is 2. The molecular weight excluding hydrogens is 116 g/mol. The van der Waals surface area contributed by atoms with Crippen LogP contribution in [0.3, 0.4) is 0 Å². The third kappa shape index (κ3) is 1.38. The van der Waals surface area contributed by atoms with Crippen LogP contribution >= 0.6 is 0 Å². The van der Waals surface area contributed by atoms with Crippen LogP contribution in [0.15, 0.2) is 23.4 Å². The maximum atomic E-state index is 10.5. The van der Waals surface area contributed by atoms with Gasteiger partial charge in [-0.25, -0.2) is 14.3 Å². The first-order chi connectivity index (χ1) is 4.33. The molecule has 1 heterocycles. The third-order valence-corrected chi connectivity index (χ3v) is 1.16. The monoisotopic (exact) mass is 125 g/mol. The van der Waals surface area contributed by atoms with Crippen molar-refractivity contribution in [3.63, 3.8) is 0 Å². The van der Waals surface area contributed by atoms with E-state index >= 15 is 0 Å². The van der Waals surface area contributed by atoms with Crippen molar-refractivity contribution in [3.05, 3.63) is 28.9 Å². The standard InChI is InChI=1S/C6H8N2O/c1-2-8-4-3-6(9)7-5-8/h3-5H,2H2,1H3/p+1. The van der Waals surface area contributed by atoms with Gasteiger partial charge >= 0.3 is 5.56 Å². The molecule has 0 bridgehead atoms. The number of aromatic amines is 1. The third-order valence-electron chi connectivity index (χ3n) is 1.16. The molecule has 0 atom stereocenters. The zero-order valence-electron chi connectivity index (χ0n) is 5.29. The second-order valence-electron chi connectivity index (χ2n) is 1.78. The molecular formula is C6H9N2O+. The van der Waals surface area contributed by atoms with Crippen molar-refractivity contribution in [1.29, 1.82) is 0 Å². The fraction of sp³-hybridized carbons (Fsp3) is 0.333. The summed E-state index contributed by atoms with van der Waals surface area (Å²) in [6.07, 6.45) is 3.40. The molecule has 0 aromatic carbocycles. The molecule has 1 rings (SSSR count). The van der Waals surface area contributed by atoms with E-state index in [4.69, 9.17) is 0 Å². The minimum absolute atomic E-state index is 0.0558. The molecule has 0 saturated heterocycles. The average molecular weight is 125 g/mol. The second kappa shape index (κ2) is 2.44. The molecule has 1 aromatic heterocycles. The molecule has 0 amide bonds. The number of aryl methyl sites for hydroxylation is 1. The highest BCUT2D eigenvalue weighted by Crippen LogP contribution is 1.61. The van der Waals surface area contributed by atoms with Crippen molar-refractivity contribution in [2.75, 3.05) is 0 Å². The summed E-state index contributed by atoms with van der Waals surface area (Å²) in [5.74, 6) is 0. The Hall–Kier alpha value is -1.12. The van der Waals surface area contributed by atoms with Gasteiger partial charge in [0.2, 0.25) is 6.33 Å². The van der Waals surface area contributed by atoms with Crippen LogP contribution in [0.25, 0.3) is 0 Å². The van der Waals surface area contributed by atoms with Gasteiger partial charge in [-0.1, -0.05) is 0 Å². The molecule has 48 valence electrons. The van der Waals surface area contributed by atoms with Gasteiger partial charge in [0.1, 0.15) is 0 Å². The Morgan fingerprint density at radius 1 is 1.78 bits per heavy atom. The topological polar surface area (TPSA) is 36.7 Å². The van der Waals surface area contributed by atoms with Crippen LogP contribution in [0.4, 0.5) is 0 Å². The summed E-state index contributed by atoms with van der Waals surface area (Å²) in [4.78, 5) is 13.0. The van der Waals surface area contributed by atoms with E-state index in [2.05, 4.69) is 4.98 Å². The lowest BCUT2D eigenvalue weighted by molar-refractivity contribution is -0.696. The number of H-pyrrole nitrogens is 1. The molecule has 0 fully saturated rings. The van der Waals surface area contributed by atoms with E-state index in [1.165, 1.54) is 6.07 Å². The van der Waals surface area contributed by atoms with E-state index in [1.54, 1.807) is 12.5 Å². The fourth-order valence-corrected chi connectivity index (χ4v) is 0.598. The van der Waals surface area contributed by atoms with Crippen molar-refractivity contribution in [3.8, 4) is 0 Å². The Morgan fingerprint density at radius 3 is 3.00 bits per heavy atom. The fourth-order valence-electron chi connectivity index (χ4n) is 0.598. The van der Waals surface area contributed by atoms with E-state index in [9.17, 15) is 4.79 Å². The highest BCUT2D eigenvalue weighted by Gasteiger charge is 1.89. The Balaban J connectivity index is 3.02. The smallest absolute Gasteiger partial charge is 0.242 e. The molecule has 9 heavy (non-hydrogen) atoms. The zero-order chi connectivity index (χ0) is 6.69. The van der Waals surface area contributed by atoms with Gasteiger partial charge in [0.05, 0.1) is 18.8 Å². The van der Waals surface area contributed by atoms with Crippen molar-refractivity contribution >= 4 is 0 Å². The normalized spacial score (nSPS) is 9.44. The van der Waals surface area contributed by atoms with E-state index in [0.717, 1.165) is 6.54 Å². The Labute approximate surface area is 53.0 Å². The zero-order valence-corrected chi connectivity index (χ0v) is 5.29. The van der Waals surface area contributed by atoms with E-state index in [-0.39, 0.29) is 5.56 Å². The summed E-state index contributed by atoms with van der Waals surface area (Å²) in [7, 11) is 0. The van der Waals surface area contributed by atoms with Crippen LogP contribution in [0.2, 0.25) is 0 Å². The van der Waals surface area contributed by atoms with Gasteiger partial charge in [0.25, 0.3) is 0 Å². The lowest BCUT2D eigenvalue weighted by Gasteiger charge is -1.87. The summed E-state index contributed by atoms with van der Waals surface area (Å²) in [5.41, 5.74) is -0.0558. The van der Waals surface area contributed by atoms with Crippen LogP contribution in [0.1, 0.15) is 6.92 Å². The minimum atomic E-state index is -0.0558. The van der Waals surface area contributed by atoms with Crippen LogP contribution in [-0.2, 0) is 6.54 Å². The van der Waals surface area contributed by atoms with Crippen molar-refractivity contribution in [1.82, 2.24) is 4.98 Å². The molecule has 0 radical (unpaired) electrons. The molecule has 0 aliphatic carbocycles. The SMILES string of the molecule is CC[n+]1ccc(=O)[nH]c1. The summed E-state index contributed by atoms with van der Waals surface area (Å²) in [6, 6.07) is 1.50. The number of nitrogens with one attached hydrogen (secondary N) is 1. The maximum Gasteiger partial charge on any atom is 0.334 e. The highest BCUT2D eigenvalue weighted by molar-refractivity contribution is 4.71. The Bertz CT molecular complexity index is 221. The van der Waals surface area contributed by atoms with Crippen LogP contribution < -0.4 is 10.1 Å². The Morgan fingerprint density at radius 2 is 2.56 bits per heavy atom. The molecule has 1 aromatic rings. The van der Waals surface area contributed by atoms with Crippen molar-refractivity contribution < 1.29 is 4.57 Å². The summed E-state index contributed by atoms with van der Waals surface area (Å²) in [5, 5.41) is 0. The average Bonchev–Trinajstić information content (AvgIpc) is 1.90. The molecule has 0 unspecified atom stereocenters. The van der Waals surface area contributed by atoms with Crippen LogP contribution in [-0.4, -0.2) is 4.98 Å². The van der Waals surface area contributed by atoms with E-state index < -0.39 is 0 Å². The maximum absolute atomic E-state index is 10.5. The molecule has 3 heteroatoms. The molecule has 3 nitrogen and oxygen atoms in total. The van der Waals surface area contributed by atoms with Crippen molar-refractivity contribution in [2.45, 2.75) is 13.5 Å². The summed E-state index contributed by atoms with van der Waals surface area (Å²) in [6.45, 7) is 2.90. The molecule has 1 N–H and O–H groups in total. The van der Waals surface area contributed by atoms with Gasteiger partial charge in [0, 0.05) is 0 Å². The number of nitrogens with zero attached hydrogens (tertiary/aromatic N) is 1. The first-order valence-electron chi connectivity index (χ1n) is 2.90. The number of hydrogen-bond acceptors (Lipinski definition) is 1. The predicted octanol–water partition coefficient (Wildman–Crippen LogP) is -0.318. The van der Waals surface area contributed by atoms with Gasteiger partial charge in [-0.15, -0.1) is 0 Å². The van der Waals surface area contributed by atoms with Crippen LogP contribution in [0, 0.1) is 0 Å². The number of hydrogen-bond donors (Lipinski definition) is 1. The van der Waals surface area contributed by atoms with Gasteiger partial charge in [-0.05, 0) is 6.92 Å². The summed E-state index contributed by atoms with van der Waals surface area (Å²) < 4.78 is 1.89. The van der Waals surface area contributed by atoms with Gasteiger partial charge in [0.15, 0.2) is 0 Å². The molecule has 0 saturated carbocycles. The predicted molar refractivity (Wildman–Crippen MR) is 32.9 cm³/mol. The van der Waals surface area contributed by atoms with Crippen molar-refractivity contribution in [2.24, 2.45) is 0 Å². The minimum Gasteiger partial charge on any atom is -0.242 e. The first-order valence-corrected chi connectivity index (χ1v) is 2.90. The highest BCUT2D eigenvalue weighted by atomic mass is 16.1. The lowest BCUT2D eigenvalue weighted by Crippen LogP contribution is -2.34. The molecule has 0 aliphatic heterocycles. The number of rotatable bonds is 1. The Kier molecular flexibility index (Phi) is 1.63. The molecule has 0 aliphatic rings.